The van der Waals surface area contributed by atoms with Gasteiger partial charge in [-0.25, -0.2) is 8.78 Å². The van der Waals surface area contributed by atoms with Gasteiger partial charge < -0.3 is 20.1 Å². The Bertz CT molecular complexity index is 713. The zero-order chi connectivity index (χ0) is 20.1. The molecule has 0 atom stereocenters. The molecule has 1 aromatic carbocycles. The van der Waals surface area contributed by atoms with E-state index in [1.54, 1.807) is 7.11 Å². The molecule has 8 heteroatoms. The highest BCUT2D eigenvalue weighted by Gasteiger charge is 2.09. The number of allylic oxidation sites excluding steroid dienone is 4. The second-order valence-corrected chi connectivity index (χ2v) is 5.56. The molecule has 0 heterocycles. The Morgan fingerprint density at radius 1 is 1.22 bits per heavy atom. The van der Waals surface area contributed by atoms with E-state index in [0.717, 1.165) is 30.1 Å². The first-order valence-corrected chi connectivity index (χ1v) is 8.58. The summed E-state index contributed by atoms with van der Waals surface area (Å²) < 4.78 is 36.6. The molecule has 0 bridgehead atoms. The van der Waals surface area contributed by atoms with Crippen molar-refractivity contribution < 1.29 is 23.0 Å². The Hall–Kier alpha value is -2.74. The van der Waals surface area contributed by atoms with Crippen LogP contribution in [-0.2, 0) is 14.3 Å². The Labute approximate surface area is 162 Å². The molecule has 1 aliphatic rings. The lowest BCUT2D eigenvalue weighted by Gasteiger charge is -2.08. The van der Waals surface area contributed by atoms with Crippen molar-refractivity contribution in [2.45, 2.75) is 13.3 Å². The van der Waals surface area contributed by atoms with E-state index >= 15 is 0 Å². The van der Waals surface area contributed by atoms with Gasteiger partial charge in [-0.05, 0) is 49.8 Å². The van der Waals surface area contributed by atoms with E-state index in [2.05, 4.69) is 10.6 Å². The van der Waals surface area contributed by atoms with E-state index < -0.39 is 11.6 Å². The zero-order valence-electron chi connectivity index (χ0n) is 15.1. The minimum absolute atomic E-state index is 0.0343. The van der Waals surface area contributed by atoms with Gasteiger partial charge in [0, 0.05) is 0 Å². The van der Waals surface area contributed by atoms with Gasteiger partial charge in [0.25, 0.3) is 0 Å². The maximum atomic E-state index is 13.1. The highest BCUT2D eigenvalue weighted by Crippen LogP contribution is 2.17. The Morgan fingerprint density at radius 2 is 1.85 bits per heavy atom. The van der Waals surface area contributed by atoms with Crippen LogP contribution in [0, 0.1) is 11.6 Å². The van der Waals surface area contributed by atoms with Crippen molar-refractivity contribution in [3.8, 4) is 0 Å². The molecule has 2 rings (SSSR count). The van der Waals surface area contributed by atoms with Crippen LogP contribution in [0.25, 0.3) is 0 Å². The number of thiocarbonyl (C=S) groups is 1. The van der Waals surface area contributed by atoms with Gasteiger partial charge in [-0.2, -0.15) is 0 Å². The number of ether oxygens (including phenoxy) is 2. The summed E-state index contributed by atoms with van der Waals surface area (Å²) in [6.07, 6.45) is 9.20. The Morgan fingerprint density at radius 3 is 2.44 bits per heavy atom. The molecule has 0 aromatic heterocycles. The summed E-state index contributed by atoms with van der Waals surface area (Å²) in [6.45, 7) is 2.72. The van der Waals surface area contributed by atoms with Crippen molar-refractivity contribution >= 4 is 29.3 Å². The molecular formula is C19H22F2N2O3S. The van der Waals surface area contributed by atoms with E-state index in [9.17, 15) is 13.6 Å². The number of hydrogen-bond donors (Lipinski definition) is 2. The number of methoxy groups -OCH3 is 1. The third-order valence-corrected chi connectivity index (χ3v) is 3.42. The minimum Gasteiger partial charge on any atom is -0.497 e. The molecule has 5 nitrogen and oxygen atoms in total. The van der Waals surface area contributed by atoms with Gasteiger partial charge in [0.15, 0.2) is 0 Å². The summed E-state index contributed by atoms with van der Waals surface area (Å²) in [7, 11) is 1.67. The molecule has 0 unspecified atom stereocenters. The van der Waals surface area contributed by atoms with Crippen LogP contribution in [0.2, 0.25) is 0 Å². The van der Waals surface area contributed by atoms with Crippen LogP contribution in [0.4, 0.5) is 14.5 Å². The first kappa shape index (κ1) is 22.3. The topological polar surface area (TPSA) is 59.6 Å². The van der Waals surface area contributed by atoms with E-state index in [1.165, 1.54) is 6.07 Å². The molecular weight excluding hydrogens is 374 g/mol. The van der Waals surface area contributed by atoms with Crippen LogP contribution < -0.4 is 10.6 Å². The predicted molar refractivity (Wildman–Crippen MR) is 105 cm³/mol. The summed E-state index contributed by atoms with van der Waals surface area (Å²) in [6, 6.07) is 3.48. The average molecular weight is 396 g/mol. The number of carbonyl (C=O) groups excluding carboxylic acids is 1. The molecule has 27 heavy (non-hydrogen) atoms. The molecule has 0 radical (unpaired) electrons. The van der Waals surface area contributed by atoms with E-state index in [4.69, 9.17) is 21.7 Å². The number of amides is 1. The molecule has 0 aliphatic heterocycles. The number of anilines is 1. The van der Waals surface area contributed by atoms with E-state index in [1.807, 2.05) is 31.2 Å². The highest BCUT2D eigenvalue weighted by molar-refractivity contribution is 7.80. The lowest BCUT2D eigenvalue weighted by Crippen LogP contribution is -2.26. The molecule has 0 fully saturated rings. The number of rotatable bonds is 7. The van der Waals surface area contributed by atoms with Crippen LogP contribution >= 0.6 is 12.2 Å². The molecule has 0 saturated carbocycles. The second-order valence-electron chi connectivity index (χ2n) is 5.06. The second kappa shape index (κ2) is 12.6. The number of nitrogens with one attached hydrogen (secondary N) is 2. The van der Waals surface area contributed by atoms with Crippen molar-refractivity contribution in [2.24, 2.45) is 0 Å². The van der Waals surface area contributed by atoms with Gasteiger partial charge >= 0.3 is 0 Å². The first-order valence-electron chi connectivity index (χ1n) is 8.17. The molecule has 146 valence electrons. The fourth-order valence-electron chi connectivity index (χ4n) is 1.95. The van der Waals surface area contributed by atoms with Gasteiger partial charge in [-0.1, -0.05) is 18.3 Å². The van der Waals surface area contributed by atoms with Crippen LogP contribution in [0.3, 0.4) is 0 Å². The molecule has 1 aromatic rings. The third kappa shape index (κ3) is 8.46. The monoisotopic (exact) mass is 396 g/mol. The molecule has 0 saturated heterocycles. The maximum Gasteiger partial charge on any atom is 0.207 e. The van der Waals surface area contributed by atoms with Crippen LogP contribution in [-0.4, -0.2) is 31.7 Å². The molecule has 0 spiro atoms. The van der Waals surface area contributed by atoms with Crippen molar-refractivity contribution in [2.75, 3.05) is 25.6 Å². The lowest BCUT2D eigenvalue weighted by molar-refractivity contribution is -0.109. The standard InChI is InChI=1S/C10H14O2.C9H8F2N2OS/c1-3-12-10-6-4-5-9(11-2)7-8-10;10-6-2-1-3-7(11)9(6)13-8(15)4-12-5-14/h5-8H,3-4H2,1-2H3;1-3,5H,4H2,(H,12,14)(H,13,15). The smallest absolute Gasteiger partial charge is 0.207 e. The fourth-order valence-corrected chi connectivity index (χ4v) is 2.14. The van der Waals surface area contributed by atoms with Gasteiger partial charge in [-0.3, -0.25) is 4.79 Å². The van der Waals surface area contributed by atoms with Crippen molar-refractivity contribution in [3.05, 3.63) is 65.7 Å². The minimum atomic E-state index is -0.733. The predicted octanol–water partition coefficient (Wildman–Crippen LogP) is 3.85. The van der Waals surface area contributed by atoms with E-state index in [-0.39, 0.29) is 17.2 Å². The Balaban J connectivity index is 0.000000277. The summed E-state index contributed by atoms with van der Waals surface area (Å²) >= 11 is 4.75. The number of halogens is 2. The van der Waals surface area contributed by atoms with Crippen LogP contribution in [0.1, 0.15) is 13.3 Å². The van der Waals surface area contributed by atoms with Gasteiger partial charge in [-0.15, -0.1) is 0 Å². The molecule has 1 aliphatic carbocycles. The van der Waals surface area contributed by atoms with Gasteiger partial charge in [0.1, 0.15) is 28.8 Å². The summed E-state index contributed by atoms with van der Waals surface area (Å²) in [5.74, 6) is 0.341. The summed E-state index contributed by atoms with van der Waals surface area (Å²) in [5.41, 5.74) is -0.310. The molecule has 1 amide bonds. The van der Waals surface area contributed by atoms with Crippen molar-refractivity contribution in [1.82, 2.24) is 5.32 Å². The Kier molecular flexibility index (Phi) is 10.4. The number of carbonyl (C=O) groups is 1. The van der Waals surface area contributed by atoms with Gasteiger partial charge in [0.2, 0.25) is 6.41 Å². The third-order valence-electron chi connectivity index (χ3n) is 3.17. The number of para-hydroxylation sites is 1. The highest BCUT2D eigenvalue weighted by atomic mass is 32.1. The van der Waals surface area contributed by atoms with Crippen LogP contribution in [0.5, 0.6) is 0 Å². The largest absolute Gasteiger partial charge is 0.497 e. The normalized spacial score (nSPS) is 12.4. The van der Waals surface area contributed by atoms with Crippen molar-refractivity contribution in [3.63, 3.8) is 0 Å². The molecule has 2 N–H and O–H groups in total. The number of benzene rings is 1. The summed E-state index contributed by atoms with van der Waals surface area (Å²) in [5, 5.41) is 4.65. The average Bonchev–Trinajstić information content (AvgIpc) is 2.89. The SMILES string of the molecule is CCOC1=CCC=C(OC)C=C1.O=CNCC(=S)Nc1c(F)cccc1F. The van der Waals surface area contributed by atoms with Crippen LogP contribution in [0.15, 0.2) is 54.0 Å². The first-order chi connectivity index (χ1) is 13.0. The number of hydrogen-bond acceptors (Lipinski definition) is 4. The quantitative estimate of drug-likeness (QED) is 0.542. The lowest BCUT2D eigenvalue weighted by atomic mass is 10.3. The summed E-state index contributed by atoms with van der Waals surface area (Å²) in [4.78, 5) is 10.1. The van der Waals surface area contributed by atoms with E-state index in [0.29, 0.717) is 13.0 Å². The van der Waals surface area contributed by atoms with Crippen molar-refractivity contribution in [1.29, 1.82) is 0 Å². The zero-order valence-corrected chi connectivity index (χ0v) is 15.9. The maximum absolute atomic E-state index is 13.1. The fraction of sp³-hybridized carbons (Fsp3) is 0.263. The van der Waals surface area contributed by atoms with Gasteiger partial charge in [0.05, 0.1) is 25.2 Å².